The summed E-state index contributed by atoms with van der Waals surface area (Å²) in [5.41, 5.74) is 2.04. The maximum atomic E-state index is 6.12. The van der Waals surface area contributed by atoms with E-state index in [2.05, 4.69) is 4.90 Å². The number of hydrogen-bond donors (Lipinski definition) is 0. The molecular weight excluding hydrogens is 356 g/mol. The van der Waals surface area contributed by atoms with Gasteiger partial charge in [-0.2, -0.15) is 0 Å². The van der Waals surface area contributed by atoms with E-state index in [1.807, 2.05) is 35.0 Å². The molecule has 130 valence electrons. The second kappa shape index (κ2) is 5.97. The van der Waals surface area contributed by atoms with Gasteiger partial charge in [0.2, 0.25) is 10.1 Å². The predicted molar refractivity (Wildman–Crippen MR) is 101 cm³/mol. The van der Waals surface area contributed by atoms with Gasteiger partial charge in [0, 0.05) is 23.7 Å². The zero-order chi connectivity index (χ0) is 16.9. The fourth-order valence-electron chi connectivity index (χ4n) is 3.91. The van der Waals surface area contributed by atoms with Crippen LogP contribution in [0.2, 0.25) is 5.02 Å². The van der Waals surface area contributed by atoms with Gasteiger partial charge in [0.15, 0.2) is 0 Å². The summed E-state index contributed by atoms with van der Waals surface area (Å²) in [5, 5.41) is 6.55. The van der Waals surface area contributed by atoms with E-state index in [0.29, 0.717) is 0 Å². The average molecular weight is 375 g/mol. The third-order valence-electron chi connectivity index (χ3n) is 5.21. The molecule has 0 bridgehead atoms. The lowest BCUT2D eigenvalue weighted by Crippen LogP contribution is -2.50. The van der Waals surface area contributed by atoms with Gasteiger partial charge >= 0.3 is 0 Å². The molecule has 5 rings (SSSR count). The minimum absolute atomic E-state index is 0.0560. The second-order valence-corrected chi connectivity index (χ2v) is 8.28. The molecule has 0 unspecified atom stereocenters. The van der Waals surface area contributed by atoms with Gasteiger partial charge < -0.3 is 9.64 Å². The third-order valence-corrected chi connectivity index (χ3v) is 6.44. The third kappa shape index (κ3) is 2.82. The van der Waals surface area contributed by atoms with E-state index >= 15 is 0 Å². The standard InChI is InChI=1S/C18H19ClN4OS/c19-14-5-3-13(4-6-14)15-11-23-16(20-15)25-17(21-23)22-9-10-24-18(12-22)7-1-2-8-18/h3-6,11H,1-2,7-10,12H2. The molecule has 0 radical (unpaired) electrons. The normalized spacial score (nSPS) is 20.0. The number of anilines is 1. The van der Waals surface area contributed by atoms with Gasteiger partial charge in [-0.05, 0) is 25.0 Å². The number of ether oxygens (including phenoxy) is 1. The lowest BCUT2D eigenvalue weighted by atomic mass is 10.0. The smallest absolute Gasteiger partial charge is 0.214 e. The number of benzene rings is 1. The Kier molecular flexibility index (Phi) is 3.73. The van der Waals surface area contributed by atoms with Gasteiger partial charge in [0.25, 0.3) is 0 Å². The van der Waals surface area contributed by atoms with Gasteiger partial charge in [-0.3, -0.25) is 0 Å². The second-order valence-electron chi connectivity index (χ2n) is 6.90. The first kappa shape index (κ1) is 15.6. The van der Waals surface area contributed by atoms with Crippen LogP contribution in [-0.2, 0) is 4.74 Å². The van der Waals surface area contributed by atoms with Crippen molar-refractivity contribution in [2.24, 2.45) is 0 Å². The van der Waals surface area contributed by atoms with Crippen molar-refractivity contribution in [3.8, 4) is 11.3 Å². The molecule has 3 heterocycles. The van der Waals surface area contributed by atoms with Crippen LogP contribution in [0, 0.1) is 0 Å². The van der Waals surface area contributed by atoms with E-state index in [1.165, 1.54) is 25.7 Å². The highest BCUT2D eigenvalue weighted by Gasteiger charge is 2.40. The molecule has 5 nitrogen and oxygen atoms in total. The fourth-order valence-corrected chi connectivity index (χ4v) is 4.94. The Hall–Kier alpha value is -1.63. The number of morpholine rings is 1. The van der Waals surface area contributed by atoms with Crippen molar-refractivity contribution in [3.63, 3.8) is 0 Å². The zero-order valence-electron chi connectivity index (χ0n) is 13.8. The summed E-state index contributed by atoms with van der Waals surface area (Å²) in [6.07, 6.45) is 6.89. The number of halogens is 1. The molecule has 2 aliphatic rings. The highest BCUT2D eigenvalue weighted by atomic mass is 35.5. The van der Waals surface area contributed by atoms with Crippen molar-refractivity contribution in [3.05, 3.63) is 35.5 Å². The number of imidazole rings is 1. The SMILES string of the molecule is Clc1ccc(-c2cn3nc(N4CCOC5(CCCC5)C4)sc3n2)cc1. The van der Waals surface area contributed by atoms with Crippen LogP contribution in [0.4, 0.5) is 5.13 Å². The maximum absolute atomic E-state index is 6.12. The van der Waals surface area contributed by atoms with E-state index in [0.717, 1.165) is 46.1 Å². The topological polar surface area (TPSA) is 42.7 Å². The Balaban J connectivity index is 1.41. The first-order chi connectivity index (χ1) is 12.2. The molecule has 2 aromatic heterocycles. The molecule has 1 spiro atoms. The van der Waals surface area contributed by atoms with E-state index in [1.54, 1.807) is 11.3 Å². The van der Waals surface area contributed by atoms with Crippen LogP contribution in [-0.4, -0.2) is 39.9 Å². The largest absolute Gasteiger partial charge is 0.371 e. The molecule has 0 N–H and O–H groups in total. The molecule has 2 fully saturated rings. The lowest BCUT2D eigenvalue weighted by molar-refractivity contribution is -0.0501. The Morgan fingerprint density at radius 1 is 1.16 bits per heavy atom. The van der Waals surface area contributed by atoms with Crippen LogP contribution in [0.1, 0.15) is 25.7 Å². The van der Waals surface area contributed by atoms with Crippen molar-refractivity contribution >= 4 is 33.0 Å². The average Bonchev–Trinajstić information content (AvgIpc) is 3.31. The minimum atomic E-state index is 0.0560. The molecule has 1 aromatic carbocycles. The number of rotatable bonds is 2. The number of hydrogen-bond acceptors (Lipinski definition) is 5. The van der Waals surface area contributed by atoms with E-state index in [-0.39, 0.29) is 5.60 Å². The first-order valence-electron chi connectivity index (χ1n) is 8.72. The molecule has 0 atom stereocenters. The van der Waals surface area contributed by atoms with Crippen molar-refractivity contribution in [1.29, 1.82) is 0 Å². The van der Waals surface area contributed by atoms with Crippen molar-refractivity contribution in [1.82, 2.24) is 14.6 Å². The molecule has 3 aromatic rings. The predicted octanol–water partition coefficient (Wildman–Crippen LogP) is 4.26. The summed E-state index contributed by atoms with van der Waals surface area (Å²) in [6, 6.07) is 7.75. The molecular formula is C18H19ClN4OS. The molecule has 7 heteroatoms. The summed E-state index contributed by atoms with van der Waals surface area (Å²) in [4.78, 5) is 8.03. The molecule has 1 aliphatic heterocycles. The summed E-state index contributed by atoms with van der Waals surface area (Å²) >= 11 is 7.61. The highest BCUT2D eigenvalue weighted by molar-refractivity contribution is 7.20. The lowest BCUT2D eigenvalue weighted by Gasteiger charge is -2.40. The van der Waals surface area contributed by atoms with Crippen molar-refractivity contribution < 1.29 is 4.74 Å². The summed E-state index contributed by atoms with van der Waals surface area (Å²) < 4.78 is 8.01. The minimum Gasteiger partial charge on any atom is -0.371 e. The number of aromatic nitrogens is 3. The molecule has 0 amide bonds. The molecule has 1 saturated carbocycles. The van der Waals surface area contributed by atoms with Crippen molar-refractivity contribution in [2.75, 3.05) is 24.6 Å². The Bertz CT molecular complexity index is 866. The van der Waals surface area contributed by atoms with E-state index in [4.69, 9.17) is 26.4 Å². The Morgan fingerprint density at radius 3 is 2.72 bits per heavy atom. The fraction of sp³-hybridized carbons (Fsp3) is 0.444. The Morgan fingerprint density at radius 2 is 1.96 bits per heavy atom. The van der Waals surface area contributed by atoms with Crippen LogP contribution < -0.4 is 4.90 Å². The van der Waals surface area contributed by atoms with Crippen LogP contribution >= 0.6 is 22.9 Å². The van der Waals surface area contributed by atoms with Gasteiger partial charge in [-0.1, -0.05) is 47.9 Å². The van der Waals surface area contributed by atoms with Gasteiger partial charge in [-0.15, -0.1) is 5.10 Å². The van der Waals surface area contributed by atoms with Crippen LogP contribution in [0.5, 0.6) is 0 Å². The Labute approximate surface area is 155 Å². The first-order valence-corrected chi connectivity index (χ1v) is 9.91. The van der Waals surface area contributed by atoms with Gasteiger partial charge in [-0.25, -0.2) is 9.50 Å². The van der Waals surface area contributed by atoms with E-state index < -0.39 is 0 Å². The number of nitrogens with zero attached hydrogens (tertiary/aromatic N) is 4. The van der Waals surface area contributed by atoms with Crippen molar-refractivity contribution in [2.45, 2.75) is 31.3 Å². The maximum Gasteiger partial charge on any atom is 0.214 e. The molecule has 25 heavy (non-hydrogen) atoms. The summed E-state index contributed by atoms with van der Waals surface area (Å²) in [5.74, 6) is 0. The van der Waals surface area contributed by atoms with Crippen LogP contribution in [0.25, 0.3) is 16.2 Å². The highest BCUT2D eigenvalue weighted by Crippen LogP contribution is 2.38. The van der Waals surface area contributed by atoms with E-state index in [9.17, 15) is 0 Å². The van der Waals surface area contributed by atoms with Crippen LogP contribution in [0.3, 0.4) is 0 Å². The van der Waals surface area contributed by atoms with Gasteiger partial charge in [0.1, 0.15) is 0 Å². The molecule has 1 saturated heterocycles. The van der Waals surface area contributed by atoms with Gasteiger partial charge in [0.05, 0.1) is 24.1 Å². The summed E-state index contributed by atoms with van der Waals surface area (Å²) in [7, 11) is 0. The molecule has 1 aliphatic carbocycles. The van der Waals surface area contributed by atoms with Crippen LogP contribution in [0.15, 0.2) is 30.5 Å². The number of fused-ring (bicyclic) bond motifs is 1. The monoisotopic (exact) mass is 374 g/mol. The summed E-state index contributed by atoms with van der Waals surface area (Å²) in [6.45, 7) is 2.65. The zero-order valence-corrected chi connectivity index (χ0v) is 15.4. The quantitative estimate of drug-likeness (QED) is 0.672.